The first-order valence-electron chi connectivity index (χ1n) is 5.99. The Morgan fingerprint density at radius 1 is 1.50 bits per heavy atom. The van der Waals surface area contributed by atoms with Crippen LogP contribution in [-0.4, -0.2) is 37.9 Å². The standard InChI is InChI=1S/C11H18F4N2O/c1-2-3-10(4-5-16-6-10)9(18)17-7-11(14,15)8(12)13/h8,16H,2-7H2,1H3,(H,17,18). The summed E-state index contributed by atoms with van der Waals surface area (Å²) < 4.78 is 49.4. The van der Waals surface area contributed by atoms with Gasteiger partial charge in [-0.25, -0.2) is 8.78 Å². The van der Waals surface area contributed by atoms with Crippen LogP contribution in [0.25, 0.3) is 0 Å². The van der Waals surface area contributed by atoms with E-state index >= 15 is 0 Å². The van der Waals surface area contributed by atoms with Gasteiger partial charge in [-0.1, -0.05) is 13.3 Å². The summed E-state index contributed by atoms with van der Waals surface area (Å²) in [5.41, 5.74) is -0.729. The van der Waals surface area contributed by atoms with E-state index in [9.17, 15) is 22.4 Å². The molecule has 0 aromatic rings. The van der Waals surface area contributed by atoms with Gasteiger partial charge in [-0.15, -0.1) is 0 Å². The van der Waals surface area contributed by atoms with Gasteiger partial charge in [0.15, 0.2) is 0 Å². The van der Waals surface area contributed by atoms with Crippen molar-refractivity contribution in [2.45, 2.75) is 38.5 Å². The molecule has 3 nitrogen and oxygen atoms in total. The third kappa shape index (κ3) is 3.34. The molecule has 1 rings (SSSR count). The second kappa shape index (κ2) is 5.86. The minimum absolute atomic E-state index is 0.410. The number of carbonyl (C=O) groups excluding carboxylic acids is 1. The Bertz CT molecular complexity index is 291. The number of carbonyl (C=O) groups is 1. The topological polar surface area (TPSA) is 41.1 Å². The smallest absolute Gasteiger partial charge is 0.324 e. The Morgan fingerprint density at radius 2 is 2.17 bits per heavy atom. The molecule has 1 heterocycles. The Morgan fingerprint density at radius 3 is 2.61 bits per heavy atom. The molecule has 1 aliphatic heterocycles. The molecule has 1 unspecified atom stereocenters. The summed E-state index contributed by atoms with van der Waals surface area (Å²) in [6.45, 7) is 1.63. The molecule has 0 aromatic heterocycles. The Kier molecular flexibility index (Phi) is 4.95. The lowest BCUT2D eigenvalue weighted by atomic mass is 9.81. The summed E-state index contributed by atoms with van der Waals surface area (Å²) in [5.74, 6) is -4.73. The number of hydrogen-bond donors (Lipinski definition) is 2. The SMILES string of the molecule is CCCC1(C(=O)NCC(F)(F)C(F)F)CCNC1. The molecule has 7 heteroatoms. The predicted octanol–water partition coefficient (Wildman–Crippen LogP) is 1.78. The van der Waals surface area contributed by atoms with Crippen LogP contribution in [0.1, 0.15) is 26.2 Å². The highest BCUT2D eigenvalue weighted by atomic mass is 19.3. The Balaban J connectivity index is 2.58. The largest absolute Gasteiger partial charge is 0.349 e. The number of hydrogen-bond acceptors (Lipinski definition) is 2. The van der Waals surface area contributed by atoms with Crippen LogP contribution < -0.4 is 10.6 Å². The van der Waals surface area contributed by atoms with Crippen molar-refractivity contribution in [2.24, 2.45) is 5.41 Å². The summed E-state index contributed by atoms with van der Waals surface area (Å²) in [4.78, 5) is 11.9. The van der Waals surface area contributed by atoms with E-state index in [4.69, 9.17) is 0 Å². The monoisotopic (exact) mass is 270 g/mol. The van der Waals surface area contributed by atoms with Crippen molar-refractivity contribution >= 4 is 5.91 Å². The Labute approximate surface area is 103 Å². The molecule has 2 N–H and O–H groups in total. The molecule has 1 amide bonds. The predicted molar refractivity (Wildman–Crippen MR) is 58.8 cm³/mol. The lowest BCUT2D eigenvalue weighted by Gasteiger charge is -2.27. The van der Waals surface area contributed by atoms with Gasteiger partial charge >= 0.3 is 12.3 Å². The minimum Gasteiger partial charge on any atom is -0.349 e. The molecule has 0 saturated carbocycles. The lowest BCUT2D eigenvalue weighted by Crippen LogP contribution is -2.48. The van der Waals surface area contributed by atoms with Crippen molar-refractivity contribution in [3.05, 3.63) is 0 Å². The zero-order chi connectivity index (χ0) is 13.8. The molecule has 1 aliphatic rings. The van der Waals surface area contributed by atoms with Crippen LogP contribution in [0.5, 0.6) is 0 Å². The molecule has 1 atom stereocenters. The third-order valence-corrected chi connectivity index (χ3v) is 3.26. The van der Waals surface area contributed by atoms with Crippen LogP contribution >= 0.6 is 0 Å². The number of nitrogens with one attached hydrogen (secondary N) is 2. The van der Waals surface area contributed by atoms with Crippen LogP contribution in [0.15, 0.2) is 0 Å². The number of halogens is 4. The molecule has 0 aromatic carbocycles. The first kappa shape index (κ1) is 15.2. The summed E-state index contributed by atoms with van der Waals surface area (Å²) in [6, 6.07) is 0. The minimum atomic E-state index is -4.17. The number of rotatable bonds is 6. The normalized spacial score (nSPS) is 24.6. The van der Waals surface area contributed by atoms with Gasteiger partial charge in [0.1, 0.15) is 0 Å². The van der Waals surface area contributed by atoms with Crippen LogP contribution in [0.2, 0.25) is 0 Å². The van der Waals surface area contributed by atoms with E-state index in [0.29, 0.717) is 25.9 Å². The zero-order valence-electron chi connectivity index (χ0n) is 10.2. The molecule has 0 radical (unpaired) electrons. The molecule has 1 fully saturated rings. The van der Waals surface area contributed by atoms with Gasteiger partial charge in [0, 0.05) is 6.54 Å². The van der Waals surface area contributed by atoms with Crippen molar-refractivity contribution in [3.63, 3.8) is 0 Å². The molecule has 18 heavy (non-hydrogen) atoms. The van der Waals surface area contributed by atoms with E-state index < -0.39 is 30.2 Å². The summed E-state index contributed by atoms with van der Waals surface area (Å²) in [6.07, 6.45) is -1.92. The molecule has 0 spiro atoms. The molecule has 1 saturated heterocycles. The first-order chi connectivity index (χ1) is 8.34. The third-order valence-electron chi connectivity index (χ3n) is 3.26. The highest BCUT2D eigenvalue weighted by molar-refractivity contribution is 5.83. The average molecular weight is 270 g/mol. The van der Waals surface area contributed by atoms with E-state index in [1.807, 2.05) is 12.2 Å². The highest BCUT2D eigenvalue weighted by Gasteiger charge is 2.44. The fourth-order valence-electron chi connectivity index (χ4n) is 2.21. The van der Waals surface area contributed by atoms with Crippen molar-refractivity contribution in [1.29, 1.82) is 0 Å². The zero-order valence-corrected chi connectivity index (χ0v) is 10.2. The van der Waals surface area contributed by atoms with Gasteiger partial charge in [0.25, 0.3) is 0 Å². The van der Waals surface area contributed by atoms with Gasteiger partial charge in [-0.05, 0) is 19.4 Å². The maximum atomic E-state index is 12.7. The van der Waals surface area contributed by atoms with E-state index in [1.54, 1.807) is 0 Å². The van der Waals surface area contributed by atoms with Gasteiger partial charge in [-0.2, -0.15) is 8.78 Å². The van der Waals surface area contributed by atoms with Crippen molar-refractivity contribution in [1.82, 2.24) is 10.6 Å². The Hall–Kier alpha value is -0.850. The fraction of sp³-hybridized carbons (Fsp3) is 0.909. The average Bonchev–Trinajstić information content (AvgIpc) is 2.76. The van der Waals surface area contributed by atoms with E-state index in [-0.39, 0.29) is 0 Å². The molecule has 0 aliphatic carbocycles. The highest BCUT2D eigenvalue weighted by Crippen LogP contribution is 2.31. The molecular weight excluding hydrogens is 252 g/mol. The van der Waals surface area contributed by atoms with E-state index in [2.05, 4.69) is 5.32 Å². The van der Waals surface area contributed by atoms with Gasteiger partial charge in [-0.3, -0.25) is 4.79 Å². The van der Waals surface area contributed by atoms with Crippen LogP contribution in [0.4, 0.5) is 17.6 Å². The molecule has 106 valence electrons. The van der Waals surface area contributed by atoms with Crippen molar-refractivity contribution in [2.75, 3.05) is 19.6 Å². The quantitative estimate of drug-likeness (QED) is 0.722. The van der Waals surface area contributed by atoms with Gasteiger partial charge in [0.05, 0.1) is 12.0 Å². The molecular formula is C11H18F4N2O. The van der Waals surface area contributed by atoms with Crippen molar-refractivity contribution in [3.8, 4) is 0 Å². The molecule has 0 bridgehead atoms. The van der Waals surface area contributed by atoms with Crippen LogP contribution in [0, 0.1) is 5.41 Å². The second-order valence-electron chi connectivity index (χ2n) is 4.70. The van der Waals surface area contributed by atoms with E-state index in [0.717, 1.165) is 6.42 Å². The van der Waals surface area contributed by atoms with Gasteiger partial charge in [0.2, 0.25) is 5.91 Å². The van der Waals surface area contributed by atoms with Crippen LogP contribution in [0.3, 0.4) is 0 Å². The summed E-state index contributed by atoms with van der Waals surface area (Å²) in [5, 5.41) is 4.97. The van der Waals surface area contributed by atoms with Gasteiger partial charge < -0.3 is 10.6 Å². The van der Waals surface area contributed by atoms with E-state index in [1.165, 1.54) is 0 Å². The number of amides is 1. The maximum absolute atomic E-state index is 12.7. The first-order valence-corrected chi connectivity index (χ1v) is 5.99. The van der Waals surface area contributed by atoms with Crippen molar-refractivity contribution < 1.29 is 22.4 Å². The summed E-state index contributed by atoms with van der Waals surface area (Å²) >= 11 is 0. The number of alkyl halides is 4. The maximum Gasteiger partial charge on any atom is 0.324 e. The lowest BCUT2D eigenvalue weighted by molar-refractivity contribution is -0.142. The fourth-order valence-corrected chi connectivity index (χ4v) is 2.21. The second-order valence-corrected chi connectivity index (χ2v) is 4.70. The van der Waals surface area contributed by atoms with Crippen LogP contribution in [-0.2, 0) is 4.79 Å². The summed E-state index contributed by atoms with van der Waals surface area (Å²) in [7, 11) is 0.